The highest BCUT2D eigenvalue weighted by atomic mass is 32.2. The highest BCUT2D eigenvalue weighted by Crippen LogP contribution is 2.54. The smallest absolute Gasteiger partial charge is 0.379 e. The average Bonchev–Trinajstić information content (AvgIpc) is 2.64. The van der Waals surface area contributed by atoms with Crippen LogP contribution in [-0.2, 0) is 23.8 Å². The molecule has 0 aromatic heterocycles. The van der Waals surface area contributed by atoms with Gasteiger partial charge >= 0.3 is 33.4 Å². The largest absolute Gasteiger partial charge is 0.460 e. The summed E-state index contributed by atoms with van der Waals surface area (Å²) >= 11 is 0. The number of ether oxygens (including phenoxy) is 2. The van der Waals surface area contributed by atoms with E-state index in [9.17, 15) is 47.9 Å². The lowest BCUT2D eigenvalue weighted by Crippen LogP contribution is -2.63. The Hall–Kier alpha value is -0.800. The molecule has 0 fully saturated rings. The normalized spacial score (nSPS) is 15.3. The molecule has 0 aromatic carbocycles. The standard InChI is InChI=1S/C16H25F9O5S/c1-3-5-8-28-10-11-29-12(4-2)7-6-9-30-31(26,27)16(24,25)14(19,20)13(17,18)15(21,22)23/h12H,3-11H2,1-2H3. The summed E-state index contributed by atoms with van der Waals surface area (Å²) in [6.07, 6.45) is -5.78. The SMILES string of the molecule is CCCCOCCOC(CC)CCCOS(=O)(=O)C(F)(F)C(F)(F)C(F)(F)C(F)(F)F. The van der Waals surface area contributed by atoms with E-state index in [4.69, 9.17) is 9.47 Å². The van der Waals surface area contributed by atoms with Crippen molar-refractivity contribution >= 4 is 10.1 Å². The van der Waals surface area contributed by atoms with Crippen molar-refractivity contribution in [3.05, 3.63) is 0 Å². The van der Waals surface area contributed by atoms with Gasteiger partial charge in [0.25, 0.3) is 0 Å². The van der Waals surface area contributed by atoms with Crippen LogP contribution in [0.25, 0.3) is 0 Å². The van der Waals surface area contributed by atoms with Gasteiger partial charge in [-0.05, 0) is 25.7 Å². The molecule has 0 aliphatic rings. The van der Waals surface area contributed by atoms with E-state index >= 15 is 0 Å². The van der Waals surface area contributed by atoms with E-state index in [1.165, 1.54) is 0 Å². The summed E-state index contributed by atoms with van der Waals surface area (Å²) in [7, 11) is -6.82. The van der Waals surface area contributed by atoms with Gasteiger partial charge in [0.1, 0.15) is 0 Å². The van der Waals surface area contributed by atoms with E-state index in [0.717, 1.165) is 12.8 Å². The maximum atomic E-state index is 13.5. The monoisotopic (exact) mass is 500 g/mol. The number of unbranched alkanes of at least 4 members (excludes halogenated alkanes) is 1. The minimum atomic E-state index is -7.32. The van der Waals surface area contributed by atoms with Crippen LogP contribution in [0.5, 0.6) is 0 Å². The van der Waals surface area contributed by atoms with Crippen LogP contribution in [0.4, 0.5) is 39.5 Å². The van der Waals surface area contributed by atoms with Crippen LogP contribution < -0.4 is 0 Å². The number of hydrogen-bond acceptors (Lipinski definition) is 5. The maximum Gasteiger partial charge on any atom is 0.460 e. The third-order valence-corrected chi connectivity index (χ3v) is 5.38. The van der Waals surface area contributed by atoms with Crippen molar-refractivity contribution in [3.63, 3.8) is 0 Å². The van der Waals surface area contributed by atoms with Gasteiger partial charge in [-0.2, -0.15) is 47.9 Å². The van der Waals surface area contributed by atoms with Crippen molar-refractivity contribution in [1.82, 2.24) is 0 Å². The van der Waals surface area contributed by atoms with Gasteiger partial charge in [-0.15, -0.1) is 0 Å². The van der Waals surface area contributed by atoms with Gasteiger partial charge in [0.15, 0.2) is 0 Å². The van der Waals surface area contributed by atoms with Crippen molar-refractivity contribution in [1.29, 1.82) is 0 Å². The van der Waals surface area contributed by atoms with Gasteiger partial charge < -0.3 is 9.47 Å². The Morgan fingerprint density at radius 3 is 1.84 bits per heavy atom. The Morgan fingerprint density at radius 1 is 0.774 bits per heavy atom. The molecule has 0 aromatic rings. The summed E-state index contributed by atoms with van der Waals surface area (Å²) in [5.41, 5.74) is 0. The third kappa shape index (κ3) is 7.63. The number of halogens is 9. The van der Waals surface area contributed by atoms with Crippen LogP contribution in [0.2, 0.25) is 0 Å². The molecule has 0 bridgehead atoms. The Kier molecular flexibility index (Phi) is 11.6. The Labute approximate surface area is 174 Å². The van der Waals surface area contributed by atoms with Gasteiger partial charge in [-0.1, -0.05) is 20.3 Å². The molecule has 188 valence electrons. The molecule has 0 aliphatic heterocycles. The van der Waals surface area contributed by atoms with Gasteiger partial charge in [0, 0.05) is 6.61 Å². The molecule has 0 spiro atoms. The topological polar surface area (TPSA) is 61.8 Å². The third-order valence-electron chi connectivity index (χ3n) is 4.02. The molecule has 1 unspecified atom stereocenters. The van der Waals surface area contributed by atoms with E-state index in [-0.39, 0.29) is 26.1 Å². The first kappa shape index (κ1) is 30.2. The van der Waals surface area contributed by atoms with Crippen molar-refractivity contribution < 1.29 is 61.6 Å². The molecule has 0 heterocycles. The molecular formula is C16H25F9O5S. The van der Waals surface area contributed by atoms with Crippen LogP contribution in [0.3, 0.4) is 0 Å². The fraction of sp³-hybridized carbons (Fsp3) is 1.00. The molecule has 0 saturated carbocycles. The van der Waals surface area contributed by atoms with Crippen LogP contribution in [0.15, 0.2) is 0 Å². The van der Waals surface area contributed by atoms with Crippen LogP contribution in [0.1, 0.15) is 46.0 Å². The number of hydrogen-bond donors (Lipinski definition) is 0. The fourth-order valence-corrected chi connectivity index (χ4v) is 3.03. The second-order valence-electron chi connectivity index (χ2n) is 6.45. The summed E-state index contributed by atoms with van der Waals surface area (Å²) in [6.45, 7) is 3.43. The molecular weight excluding hydrogens is 475 g/mol. The first-order valence-electron chi connectivity index (χ1n) is 9.28. The Balaban J connectivity index is 4.78. The first-order valence-corrected chi connectivity index (χ1v) is 10.7. The lowest BCUT2D eigenvalue weighted by molar-refractivity contribution is -0.382. The van der Waals surface area contributed by atoms with E-state index in [1.807, 2.05) is 6.92 Å². The molecule has 0 radical (unpaired) electrons. The van der Waals surface area contributed by atoms with Gasteiger partial charge in [-0.3, -0.25) is 4.18 Å². The lowest BCUT2D eigenvalue weighted by Gasteiger charge is -2.32. The summed E-state index contributed by atoms with van der Waals surface area (Å²) in [5.74, 6) is -14.6. The van der Waals surface area contributed by atoms with Crippen molar-refractivity contribution in [3.8, 4) is 0 Å². The predicted molar refractivity (Wildman–Crippen MR) is 90.8 cm³/mol. The van der Waals surface area contributed by atoms with E-state index in [0.29, 0.717) is 13.0 Å². The summed E-state index contributed by atoms with van der Waals surface area (Å²) in [4.78, 5) is 0. The van der Waals surface area contributed by atoms with E-state index in [1.54, 1.807) is 6.92 Å². The summed E-state index contributed by atoms with van der Waals surface area (Å²) < 4.78 is 152. The molecule has 0 aliphatic carbocycles. The highest BCUT2D eigenvalue weighted by Gasteiger charge is 2.85. The highest BCUT2D eigenvalue weighted by molar-refractivity contribution is 7.87. The molecule has 0 rings (SSSR count). The predicted octanol–water partition coefficient (Wildman–Crippen LogP) is 5.15. The molecule has 1 atom stereocenters. The molecule has 0 saturated heterocycles. The molecule has 5 nitrogen and oxygen atoms in total. The van der Waals surface area contributed by atoms with E-state index in [2.05, 4.69) is 4.18 Å². The second-order valence-corrected chi connectivity index (χ2v) is 8.11. The van der Waals surface area contributed by atoms with Gasteiger partial charge in [0.2, 0.25) is 0 Å². The minimum Gasteiger partial charge on any atom is -0.379 e. The molecule has 31 heavy (non-hydrogen) atoms. The fourth-order valence-electron chi connectivity index (χ4n) is 2.10. The van der Waals surface area contributed by atoms with Crippen molar-refractivity contribution in [2.45, 2.75) is 75.3 Å². The second kappa shape index (κ2) is 11.9. The first-order chi connectivity index (χ1) is 14.0. The number of alkyl halides is 9. The van der Waals surface area contributed by atoms with Crippen LogP contribution >= 0.6 is 0 Å². The van der Waals surface area contributed by atoms with Crippen LogP contribution in [0, 0.1) is 0 Å². The van der Waals surface area contributed by atoms with E-state index < -0.39 is 46.1 Å². The summed E-state index contributed by atoms with van der Waals surface area (Å²) in [6, 6.07) is 0. The summed E-state index contributed by atoms with van der Waals surface area (Å²) in [5, 5.41) is -6.84. The van der Waals surface area contributed by atoms with Gasteiger partial charge in [0.05, 0.1) is 25.9 Å². The molecule has 15 heteroatoms. The zero-order chi connectivity index (χ0) is 24.6. The quantitative estimate of drug-likeness (QED) is 0.167. The maximum absolute atomic E-state index is 13.5. The zero-order valence-corrected chi connectivity index (χ0v) is 17.6. The van der Waals surface area contributed by atoms with Crippen molar-refractivity contribution in [2.75, 3.05) is 26.4 Å². The number of rotatable bonds is 16. The molecule has 0 amide bonds. The zero-order valence-electron chi connectivity index (χ0n) is 16.8. The Bertz CT molecular complexity index is 623. The van der Waals surface area contributed by atoms with Crippen LogP contribution in [-0.4, -0.2) is 64.2 Å². The van der Waals surface area contributed by atoms with Gasteiger partial charge in [-0.25, -0.2) is 0 Å². The lowest BCUT2D eigenvalue weighted by atomic mass is 10.1. The molecule has 0 N–H and O–H groups in total. The minimum absolute atomic E-state index is 0.0155. The Morgan fingerprint density at radius 2 is 1.35 bits per heavy atom. The van der Waals surface area contributed by atoms with Crippen molar-refractivity contribution in [2.24, 2.45) is 0 Å². The average molecular weight is 500 g/mol.